The average Bonchev–Trinajstić information content (AvgIpc) is 3.44. The Labute approximate surface area is 198 Å². The fraction of sp³-hybridized carbons (Fsp3) is 0.214. The lowest BCUT2D eigenvalue weighted by atomic mass is 9.92. The molecule has 0 radical (unpaired) electrons. The van der Waals surface area contributed by atoms with E-state index in [0.29, 0.717) is 25.1 Å². The molecule has 5 nitrogen and oxygen atoms in total. The van der Waals surface area contributed by atoms with Gasteiger partial charge in [0.1, 0.15) is 12.4 Å². The van der Waals surface area contributed by atoms with Crippen molar-refractivity contribution in [3.63, 3.8) is 0 Å². The standard InChI is InChI=1S/C28H25FN2O3/c29-23-13-11-22(12-14-23)25-17-30(16-21-9-5-2-6-10-21)18-26(25)27(32)31-24(19-34-28(31)33)15-20-7-3-1-4-8-20/h1-14,18,24-25H,15-17,19H2/t24-,25-/m1/s1. The summed E-state index contributed by atoms with van der Waals surface area (Å²) in [6.45, 7) is 1.36. The number of amides is 2. The van der Waals surface area contributed by atoms with Crippen LogP contribution in [0.3, 0.4) is 0 Å². The van der Waals surface area contributed by atoms with Crippen LogP contribution in [0.5, 0.6) is 0 Å². The minimum absolute atomic E-state index is 0.168. The van der Waals surface area contributed by atoms with Crippen molar-refractivity contribution in [3.8, 4) is 0 Å². The van der Waals surface area contributed by atoms with Gasteiger partial charge in [0, 0.05) is 30.8 Å². The van der Waals surface area contributed by atoms with Crippen LogP contribution in [0.1, 0.15) is 22.6 Å². The van der Waals surface area contributed by atoms with Crippen LogP contribution in [0.2, 0.25) is 0 Å². The molecule has 0 spiro atoms. The molecule has 6 heteroatoms. The Morgan fingerprint density at radius 3 is 2.24 bits per heavy atom. The van der Waals surface area contributed by atoms with Gasteiger partial charge < -0.3 is 9.64 Å². The number of halogens is 1. The molecule has 0 aromatic heterocycles. The number of nitrogens with zero attached hydrogens (tertiary/aromatic N) is 2. The second-order valence-corrected chi connectivity index (χ2v) is 8.70. The third-order valence-electron chi connectivity index (χ3n) is 6.36. The molecule has 5 rings (SSSR count). The Bertz CT molecular complexity index is 1200. The van der Waals surface area contributed by atoms with Gasteiger partial charge in [-0.1, -0.05) is 72.8 Å². The van der Waals surface area contributed by atoms with Crippen LogP contribution in [-0.2, 0) is 22.5 Å². The smallest absolute Gasteiger partial charge is 0.417 e. The maximum Gasteiger partial charge on any atom is 0.417 e. The van der Waals surface area contributed by atoms with Crippen LogP contribution in [0.25, 0.3) is 0 Å². The summed E-state index contributed by atoms with van der Waals surface area (Å²) in [5.41, 5.74) is 3.50. The molecule has 34 heavy (non-hydrogen) atoms. The van der Waals surface area contributed by atoms with Crippen LogP contribution in [0.15, 0.2) is 96.7 Å². The Morgan fingerprint density at radius 2 is 1.56 bits per heavy atom. The molecule has 0 aliphatic carbocycles. The fourth-order valence-electron chi connectivity index (χ4n) is 4.67. The van der Waals surface area contributed by atoms with Gasteiger partial charge in [-0.15, -0.1) is 0 Å². The Hall–Kier alpha value is -3.93. The topological polar surface area (TPSA) is 49.9 Å². The molecular formula is C28H25FN2O3. The van der Waals surface area contributed by atoms with Gasteiger partial charge >= 0.3 is 6.09 Å². The maximum absolute atomic E-state index is 13.8. The van der Waals surface area contributed by atoms with E-state index in [1.54, 1.807) is 12.1 Å². The first kappa shape index (κ1) is 21.9. The maximum atomic E-state index is 13.8. The van der Waals surface area contributed by atoms with Gasteiger partial charge in [0.2, 0.25) is 0 Å². The molecule has 0 unspecified atom stereocenters. The average molecular weight is 457 g/mol. The SMILES string of the molecule is O=C1OC[C@@H](Cc2ccccc2)N1C(=O)C1=CN(Cc2ccccc2)C[C@@H]1c1ccc(F)cc1. The Balaban J connectivity index is 1.44. The summed E-state index contributed by atoms with van der Waals surface area (Å²) in [5.74, 6) is -0.957. The lowest BCUT2D eigenvalue weighted by Crippen LogP contribution is -2.41. The minimum Gasteiger partial charge on any atom is -0.447 e. The summed E-state index contributed by atoms with van der Waals surface area (Å²) in [4.78, 5) is 29.7. The molecule has 2 amide bonds. The summed E-state index contributed by atoms with van der Waals surface area (Å²) in [6, 6.07) is 25.6. The van der Waals surface area contributed by atoms with E-state index in [2.05, 4.69) is 4.90 Å². The molecule has 2 aliphatic heterocycles. The zero-order valence-electron chi connectivity index (χ0n) is 18.6. The van der Waals surface area contributed by atoms with E-state index >= 15 is 0 Å². The molecule has 0 bridgehead atoms. The van der Waals surface area contributed by atoms with Crippen molar-refractivity contribution >= 4 is 12.0 Å². The zero-order valence-corrected chi connectivity index (χ0v) is 18.6. The summed E-state index contributed by atoms with van der Waals surface area (Å²) in [7, 11) is 0. The van der Waals surface area contributed by atoms with Crippen LogP contribution >= 0.6 is 0 Å². The van der Waals surface area contributed by atoms with E-state index in [-0.39, 0.29) is 30.3 Å². The molecule has 3 aromatic rings. The van der Waals surface area contributed by atoms with E-state index in [1.165, 1.54) is 17.0 Å². The second-order valence-electron chi connectivity index (χ2n) is 8.70. The van der Waals surface area contributed by atoms with Crippen LogP contribution < -0.4 is 0 Å². The fourth-order valence-corrected chi connectivity index (χ4v) is 4.67. The highest BCUT2D eigenvalue weighted by atomic mass is 19.1. The van der Waals surface area contributed by atoms with Gasteiger partial charge in [-0.25, -0.2) is 14.1 Å². The van der Waals surface area contributed by atoms with Crippen molar-refractivity contribution in [2.24, 2.45) is 0 Å². The lowest BCUT2D eigenvalue weighted by Gasteiger charge is -2.23. The highest BCUT2D eigenvalue weighted by Gasteiger charge is 2.42. The van der Waals surface area contributed by atoms with Crippen molar-refractivity contribution in [3.05, 3.63) is 119 Å². The number of carbonyl (C=O) groups excluding carboxylic acids is 2. The Kier molecular flexibility index (Phi) is 6.12. The molecule has 2 atom stereocenters. The highest BCUT2D eigenvalue weighted by Crippen LogP contribution is 2.35. The number of hydrogen-bond donors (Lipinski definition) is 0. The van der Waals surface area contributed by atoms with Crippen LogP contribution in [-0.4, -0.2) is 41.0 Å². The third kappa shape index (κ3) is 4.57. The van der Waals surface area contributed by atoms with Crippen LogP contribution in [0, 0.1) is 5.82 Å². The lowest BCUT2D eigenvalue weighted by molar-refractivity contribution is -0.125. The van der Waals surface area contributed by atoms with Crippen molar-refractivity contribution in [1.82, 2.24) is 9.80 Å². The molecule has 172 valence electrons. The summed E-state index contributed by atoms with van der Waals surface area (Å²) in [5, 5.41) is 0. The number of carbonyl (C=O) groups is 2. The monoisotopic (exact) mass is 456 g/mol. The predicted octanol–water partition coefficient (Wildman–Crippen LogP) is 4.90. The number of rotatable bonds is 6. The van der Waals surface area contributed by atoms with Crippen LogP contribution in [0.4, 0.5) is 9.18 Å². The molecule has 0 saturated carbocycles. The van der Waals surface area contributed by atoms with Gasteiger partial charge in [0.15, 0.2) is 0 Å². The van der Waals surface area contributed by atoms with Gasteiger partial charge in [-0.05, 0) is 35.2 Å². The van der Waals surface area contributed by atoms with Gasteiger partial charge in [-0.3, -0.25) is 4.79 Å². The Morgan fingerprint density at radius 1 is 0.912 bits per heavy atom. The number of benzene rings is 3. The minimum atomic E-state index is -0.619. The zero-order chi connectivity index (χ0) is 23.5. The number of cyclic esters (lactones) is 1. The summed E-state index contributed by atoms with van der Waals surface area (Å²) >= 11 is 0. The number of imide groups is 1. The predicted molar refractivity (Wildman–Crippen MR) is 126 cm³/mol. The third-order valence-corrected chi connectivity index (χ3v) is 6.36. The normalized spacial score (nSPS) is 19.8. The second kappa shape index (κ2) is 9.51. The molecule has 3 aromatic carbocycles. The van der Waals surface area contributed by atoms with Crippen molar-refractivity contribution in [1.29, 1.82) is 0 Å². The molecular weight excluding hydrogens is 431 g/mol. The highest BCUT2D eigenvalue weighted by molar-refractivity contribution is 6.04. The van der Waals surface area contributed by atoms with Crippen molar-refractivity contribution in [2.45, 2.75) is 24.9 Å². The molecule has 2 aliphatic rings. The first-order valence-electron chi connectivity index (χ1n) is 11.4. The van der Waals surface area contributed by atoms with E-state index in [1.807, 2.05) is 66.9 Å². The van der Waals surface area contributed by atoms with Gasteiger partial charge in [-0.2, -0.15) is 0 Å². The number of hydrogen-bond acceptors (Lipinski definition) is 4. The van der Waals surface area contributed by atoms with Gasteiger partial charge in [0.25, 0.3) is 5.91 Å². The van der Waals surface area contributed by atoms with E-state index in [9.17, 15) is 14.0 Å². The van der Waals surface area contributed by atoms with E-state index < -0.39 is 6.09 Å². The first-order chi connectivity index (χ1) is 16.6. The molecule has 1 saturated heterocycles. The molecule has 0 N–H and O–H groups in total. The van der Waals surface area contributed by atoms with E-state index in [4.69, 9.17) is 4.74 Å². The van der Waals surface area contributed by atoms with E-state index in [0.717, 1.165) is 16.7 Å². The molecule has 1 fully saturated rings. The first-order valence-corrected chi connectivity index (χ1v) is 11.4. The largest absolute Gasteiger partial charge is 0.447 e. The van der Waals surface area contributed by atoms with Crippen molar-refractivity contribution < 1.29 is 18.7 Å². The molecule has 2 heterocycles. The summed E-state index contributed by atoms with van der Waals surface area (Å²) in [6.07, 6.45) is 1.75. The van der Waals surface area contributed by atoms with Crippen molar-refractivity contribution in [2.75, 3.05) is 13.2 Å². The summed E-state index contributed by atoms with van der Waals surface area (Å²) < 4.78 is 18.9. The van der Waals surface area contributed by atoms with Gasteiger partial charge in [0.05, 0.1) is 6.04 Å². The quantitative estimate of drug-likeness (QED) is 0.530. The number of ether oxygens (including phenoxy) is 1.